The minimum atomic E-state index is 0.584. The number of hydrogen-bond acceptors (Lipinski definition) is 3. The van der Waals surface area contributed by atoms with E-state index in [-0.39, 0.29) is 0 Å². The number of anilines is 1. The van der Waals surface area contributed by atoms with E-state index >= 15 is 0 Å². The lowest BCUT2D eigenvalue weighted by molar-refractivity contribution is 0.417. The molecule has 1 aliphatic carbocycles. The lowest BCUT2D eigenvalue weighted by Gasteiger charge is -2.38. The average molecular weight is 273 g/mol. The summed E-state index contributed by atoms with van der Waals surface area (Å²) in [5, 5.41) is 1.21. The molecule has 0 radical (unpaired) electrons. The summed E-state index contributed by atoms with van der Waals surface area (Å²) < 4.78 is 4.29. The lowest BCUT2D eigenvalue weighted by Crippen LogP contribution is -2.40. The Kier molecular flexibility index (Phi) is 2.78. The van der Waals surface area contributed by atoms with Crippen LogP contribution < -0.4 is 4.90 Å². The van der Waals surface area contributed by atoms with Gasteiger partial charge in [0.15, 0.2) is 0 Å². The summed E-state index contributed by atoms with van der Waals surface area (Å²) in [5.41, 5.74) is 1.14. The quantitative estimate of drug-likeness (QED) is 0.705. The fourth-order valence-electron chi connectivity index (χ4n) is 1.94. The van der Waals surface area contributed by atoms with Crippen LogP contribution in [0.3, 0.4) is 0 Å². The first-order valence-electron chi connectivity index (χ1n) is 5.23. The molecule has 0 atom stereocenters. The van der Waals surface area contributed by atoms with E-state index in [1.807, 2.05) is 18.5 Å². The van der Waals surface area contributed by atoms with Gasteiger partial charge in [0.1, 0.15) is 6.34 Å². The monoisotopic (exact) mass is 272 g/mol. The highest BCUT2D eigenvalue weighted by atomic mass is 35.5. The molecule has 3 rings (SSSR count). The number of rotatable bonds is 1. The van der Waals surface area contributed by atoms with Crippen molar-refractivity contribution < 1.29 is 0 Å². The first-order chi connectivity index (χ1) is 7.75. The SMILES string of the molecule is Clc1cc2c(cc1Cl)N(C1CCC1)C=NS2. The van der Waals surface area contributed by atoms with E-state index in [4.69, 9.17) is 23.2 Å². The molecule has 1 fully saturated rings. The Balaban J connectivity index is 2.03. The molecule has 1 aromatic carbocycles. The molecular weight excluding hydrogens is 263 g/mol. The van der Waals surface area contributed by atoms with Crippen LogP contribution in [0.25, 0.3) is 0 Å². The third kappa shape index (κ3) is 1.71. The zero-order chi connectivity index (χ0) is 11.1. The largest absolute Gasteiger partial charge is 0.328 e. The average Bonchev–Trinajstić information content (AvgIpc) is 2.18. The topological polar surface area (TPSA) is 15.6 Å². The maximum Gasteiger partial charge on any atom is 0.104 e. The van der Waals surface area contributed by atoms with Gasteiger partial charge in [-0.3, -0.25) is 0 Å². The van der Waals surface area contributed by atoms with Gasteiger partial charge in [-0.15, -0.1) is 0 Å². The Hall–Kier alpha value is -0.380. The molecule has 0 N–H and O–H groups in total. The zero-order valence-corrected chi connectivity index (χ0v) is 10.8. The van der Waals surface area contributed by atoms with Gasteiger partial charge in [0.2, 0.25) is 0 Å². The Morgan fingerprint density at radius 2 is 2.00 bits per heavy atom. The fourth-order valence-corrected chi connectivity index (χ4v) is 3.02. The van der Waals surface area contributed by atoms with Gasteiger partial charge in [-0.05, 0) is 31.4 Å². The van der Waals surface area contributed by atoms with Gasteiger partial charge >= 0.3 is 0 Å². The van der Waals surface area contributed by atoms with Crippen LogP contribution in [-0.4, -0.2) is 12.4 Å². The van der Waals surface area contributed by atoms with Gasteiger partial charge in [-0.25, -0.2) is 4.40 Å². The normalized spacial score (nSPS) is 19.5. The van der Waals surface area contributed by atoms with Crippen molar-refractivity contribution in [3.63, 3.8) is 0 Å². The minimum Gasteiger partial charge on any atom is -0.328 e. The number of halogens is 2. The van der Waals surface area contributed by atoms with E-state index in [1.165, 1.54) is 31.2 Å². The van der Waals surface area contributed by atoms with Crippen molar-refractivity contribution >= 4 is 47.2 Å². The predicted octanol–water partition coefficient (Wildman–Crippen LogP) is 4.40. The van der Waals surface area contributed by atoms with Crippen molar-refractivity contribution in [3.05, 3.63) is 22.2 Å². The van der Waals surface area contributed by atoms with E-state index in [9.17, 15) is 0 Å². The summed E-state index contributed by atoms with van der Waals surface area (Å²) in [4.78, 5) is 3.31. The molecule has 0 spiro atoms. The van der Waals surface area contributed by atoms with Crippen molar-refractivity contribution in [1.82, 2.24) is 0 Å². The van der Waals surface area contributed by atoms with Crippen LogP contribution in [0.15, 0.2) is 21.4 Å². The van der Waals surface area contributed by atoms with E-state index in [0.29, 0.717) is 16.1 Å². The van der Waals surface area contributed by atoms with Crippen molar-refractivity contribution in [1.29, 1.82) is 0 Å². The first-order valence-corrected chi connectivity index (χ1v) is 6.76. The number of fused-ring (bicyclic) bond motifs is 1. The third-order valence-electron chi connectivity index (χ3n) is 3.07. The van der Waals surface area contributed by atoms with Crippen molar-refractivity contribution in [3.8, 4) is 0 Å². The summed E-state index contributed by atoms with van der Waals surface area (Å²) >= 11 is 13.5. The summed E-state index contributed by atoms with van der Waals surface area (Å²) in [5.74, 6) is 0. The minimum absolute atomic E-state index is 0.584. The molecule has 1 heterocycles. The van der Waals surface area contributed by atoms with Crippen molar-refractivity contribution in [2.24, 2.45) is 4.40 Å². The Bertz CT molecular complexity index is 458. The molecule has 0 amide bonds. The molecule has 0 unspecified atom stereocenters. The second kappa shape index (κ2) is 4.13. The van der Waals surface area contributed by atoms with Gasteiger partial charge < -0.3 is 4.90 Å². The van der Waals surface area contributed by atoms with Crippen LogP contribution in [0.4, 0.5) is 5.69 Å². The molecule has 0 aromatic heterocycles. The fraction of sp³-hybridized carbons (Fsp3) is 0.364. The molecular formula is C11H10Cl2N2S. The molecule has 1 aliphatic heterocycles. The van der Waals surface area contributed by atoms with Crippen LogP contribution in [0.1, 0.15) is 19.3 Å². The smallest absolute Gasteiger partial charge is 0.104 e. The van der Waals surface area contributed by atoms with Crippen LogP contribution in [0.2, 0.25) is 10.0 Å². The third-order valence-corrected chi connectivity index (χ3v) is 4.52. The standard InChI is InChI=1S/C11H10Cl2N2S/c12-8-4-10-11(5-9(8)13)16-14-6-15(10)7-2-1-3-7/h4-7H,1-3H2. The highest BCUT2D eigenvalue weighted by Crippen LogP contribution is 2.42. The molecule has 1 saturated carbocycles. The van der Waals surface area contributed by atoms with Crippen LogP contribution in [0, 0.1) is 0 Å². The van der Waals surface area contributed by atoms with Crippen LogP contribution in [0.5, 0.6) is 0 Å². The maximum absolute atomic E-state index is 6.06. The number of benzene rings is 1. The van der Waals surface area contributed by atoms with Gasteiger partial charge in [0.05, 0.1) is 20.6 Å². The predicted molar refractivity (Wildman–Crippen MR) is 70.9 cm³/mol. The second-order valence-electron chi connectivity index (χ2n) is 4.04. The van der Waals surface area contributed by atoms with Gasteiger partial charge in [0.25, 0.3) is 0 Å². The van der Waals surface area contributed by atoms with E-state index in [0.717, 1.165) is 10.6 Å². The molecule has 1 aromatic rings. The summed E-state index contributed by atoms with van der Waals surface area (Å²) in [7, 11) is 0. The molecule has 2 aliphatic rings. The second-order valence-corrected chi connectivity index (χ2v) is 5.69. The summed E-state index contributed by atoms with van der Waals surface area (Å²) in [6.07, 6.45) is 5.67. The van der Waals surface area contributed by atoms with E-state index < -0.39 is 0 Å². The highest BCUT2D eigenvalue weighted by Gasteiger charge is 2.28. The van der Waals surface area contributed by atoms with Crippen molar-refractivity contribution in [2.75, 3.05) is 4.90 Å². The van der Waals surface area contributed by atoms with Gasteiger partial charge in [-0.2, -0.15) is 0 Å². The molecule has 0 bridgehead atoms. The highest BCUT2D eigenvalue weighted by molar-refractivity contribution is 7.98. The van der Waals surface area contributed by atoms with Crippen molar-refractivity contribution in [2.45, 2.75) is 30.2 Å². The Morgan fingerprint density at radius 1 is 1.25 bits per heavy atom. The lowest BCUT2D eigenvalue weighted by atomic mass is 9.91. The maximum atomic E-state index is 6.06. The Morgan fingerprint density at radius 3 is 2.69 bits per heavy atom. The summed E-state index contributed by atoms with van der Waals surface area (Å²) in [6, 6.07) is 4.42. The van der Waals surface area contributed by atoms with E-state index in [1.54, 1.807) is 0 Å². The summed E-state index contributed by atoms with van der Waals surface area (Å²) in [6.45, 7) is 0. The molecule has 0 saturated heterocycles. The van der Waals surface area contributed by atoms with E-state index in [2.05, 4.69) is 9.30 Å². The van der Waals surface area contributed by atoms with Gasteiger partial charge in [-0.1, -0.05) is 23.2 Å². The molecule has 84 valence electrons. The van der Waals surface area contributed by atoms with Crippen LogP contribution >= 0.6 is 35.1 Å². The van der Waals surface area contributed by atoms with Crippen LogP contribution in [-0.2, 0) is 0 Å². The number of hydrogen-bond donors (Lipinski definition) is 0. The Labute approximate surface area is 109 Å². The van der Waals surface area contributed by atoms with Gasteiger partial charge in [0, 0.05) is 18.0 Å². The molecule has 16 heavy (non-hydrogen) atoms. The molecule has 2 nitrogen and oxygen atoms in total. The first kappa shape index (κ1) is 10.8. The zero-order valence-electron chi connectivity index (χ0n) is 8.49. The number of nitrogens with zero attached hydrogens (tertiary/aromatic N) is 2. The molecule has 5 heteroatoms.